The molecule has 1 atom stereocenters. The molecular weight excluding hydrogens is 368 g/mol. The second-order valence-electron chi connectivity index (χ2n) is 7.76. The van der Waals surface area contributed by atoms with Crippen LogP contribution in [0.4, 0.5) is 0 Å². The summed E-state index contributed by atoms with van der Waals surface area (Å²) in [7, 11) is 0. The predicted molar refractivity (Wildman–Crippen MR) is 108 cm³/mol. The van der Waals surface area contributed by atoms with Crippen molar-refractivity contribution < 1.29 is 19.1 Å². The fourth-order valence-corrected chi connectivity index (χ4v) is 3.79. The molecule has 2 aromatic rings. The summed E-state index contributed by atoms with van der Waals surface area (Å²) in [5.74, 6) is -0.610. The maximum Gasteiger partial charge on any atom is 0.262 e. The van der Waals surface area contributed by atoms with Gasteiger partial charge in [0.1, 0.15) is 12.6 Å². The zero-order valence-electron chi connectivity index (χ0n) is 16.6. The summed E-state index contributed by atoms with van der Waals surface area (Å²) in [4.78, 5) is 40.6. The molecule has 150 valence electrons. The summed E-state index contributed by atoms with van der Waals surface area (Å²) in [6, 6.07) is 14.9. The van der Waals surface area contributed by atoms with Gasteiger partial charge in [0, 0.05) is 6.54 Å². The van der Waals surface area contributed by atoms with Gasteiger partial charge in [-0.1, -0.05) is 50.2 Å². The van der Waals surface area contributed by atoms with Crippen LogP contribution in [0.5, 0.6) is 0 Å². The van der Waals surface area contributed by atoms with Crippen LogP contribution < -0.4 is 0 Å². The molecular formula is C23H24N2O4. The van der Waals surface area contributed by atoms with E-state index in [9.17, 15) is 14.4 Å². The molecule has 0 bridgehead atoms. The van der Waals surface area contributed by atoms with Crippen molar-refractivity contribution in [1.82, 2.24) is 9.80 Å². The van der Waals surface area contributed by atoms with E-state index in [1.54, 1.807) is 29.2 Å². The number of benzene rings is 2. The number of amides is 3. The Balaban J connectivity index is 1.43. The van der Waals surface area contributed by atoms with Gasteiger partial charge in [0.15, 0.2) is 0 Å². The number of fused-ring (bicyclic) bond motifs is 1. The van der Waals surface area contributed by atoms with Gasteiger partial charge in [0.2, 0.25) is 5.91 Å². The highest BCUT2D eigenvalue weighted by molar-refractivity contribution is 6.22. The molecule has 2 aliphatic rings. The Kier molecular flexibility index (Phi) is 5.20. The molecule has 1 unspecified atom stereocenters. The molecule has 3 amide bonds. The highest BCUT2D eigenvalue weighted by atomic mass is 16.5. The van der Waals surface area contributed by atoms with Crippen LogP contribution in [0.3, 0.4) is 0 Å². The minimum Gasteiger partial charge on any atom is -0.370 e. The van der Waals surface area contributed by atoms with Crippen LogP contribution in [0.2, 0.25) is 0 Å². The number of nitrogens with zero attached hydrogens (tertiary/aromatic N) is 2. The molecule has 1 fully saturated rings. The third-order valence-electron chi connectivity index (χ3n) is 5.57. The number of carbonyl (C=O) groups excluding carboxylic acids is 3. The molecule has 6 heteroatoms. The zero-order valence-corrected chi connectivity index (χ0v) is 16.6. The summed E-state index contributed by atoms with van der Waals surface area (Å²) in [5.41, 5.74) is 2.99. The fraction of sp³-hybridized carbons (Fsp3) is 0.348. The third-order valence-corrected chi connectivity index (χ3v) is 5.57. The largest absolute Gasteiger partial charge is 0.370 e. The normalized spacial score (nSPS) is 19.1. The van der Waals surface area contributed by atoms with E-state index in [2.05, 4.69) is 26.0 Å². The monoisotopic (exact) mass is 392 g/mol. The van der Waals surface area contributed by atoms with Gasteiger partial charge in [0.25, 0.3) is 11.8 Å². The smallest absolute Gasteiger partial charge is 0.262 e. The van der Waals surface area contributed by atoms with E-state index in [1.165, 1.54) is 5.56 Å². The second-order valence-corrected chi connectivity index (χ2v) is 7.76. The first kappa shape index (κ1) is 19.3. The Hall–Kier alpha value is -2.99. The summed E-state index contributed by atoms with van der Waals surface area (Å²) in [6.07, 6.45) is -0.212. The number of carbonyl (C=O) groups is 3. The van der Waals surface area contributed by atoms with Gasteiger partial charge in [-0.05, 0) is 29.2 Å². The van der Waals surface area contributed by atoms with Crippen LogP contribution in [0.15, 0.2) is 48.5 Å². The maximum atomic E-state index is 12.8. The van der Waals surface area contributed by atoms with E-state index in [-0.39, 0.29) is 18.6 Å². The van der Waals surface area contributed by atoms with Gasteiger partial charge < -0.3 is 9.64 Å². The highest BCUT2D eigenvalue weighted by Gasteiger charge is 2.37. The number of imide groups is 1. The number of hydrogen-bond acceptors (Lipinski definition) is 4. The van der Waals surface area contributed by atoms with Crippen molar-refractivity contribution in [2.75, 3.05) is 26.2 Å². The molecule has 0 aromatic heterocycles. The van der Waals surface area contributed by atoms with Gasteiger partial charge in [-0.3, -0.25) is 19.3 Å². The quantitative estimate of drug-likeness (QED) is 0.751. The summed E-state index contributed by atoms with van der Waals surface area (Å²) < 4.78 is 5.87. The number of morpholine rings is 1. The van der Waals surface area contributed by atoms with Gasteiger partial charge in [-0.25, -0.2) is 0 Å². The molecule has 2 aliphatic heterocycles. The first-order chi connectivity index (χ1) is 14.0. The topological polar surface area (TPSA) is 66.9 Å². The van der Waals surface area contributed by atoms with Crippen molar-refractivity contribution in [3.05, 3.63) is 70.8 Å². The molecule has 4 rings (SSSR count). The van der Waals surface area contributed by atoms with Crippen molar-refractivity contribution in [2.45, 2.75) is 25.9 Å². The van der Waals surface area contributed by atoms with Crippen molar-refractivity contribution in [1.29, 1.82) is 0 Å². The molecule has 29 heavy (non-hydrogen) atoms. The summed E-state index contributed by atoms with van der Waals surface area (Å²) in [5, 5.41) is 0. The van der Waals surface area contributed by atoms with Crippen molar-refractivity contribution >= 4 is 17.7 Å². The average Bonchev–Trinajstić information content (AvgIpc) is 2.99. The van der Waals surface area contributed by atoms with Gasteiger partial charge in [-0.15, -0.1) is 0 Å². The molecule has 2 heterocycles. The van der Waals surface area contributed by atoms with Crippen molar-refractivity contribution in [3.63, 3.8) is 0 Å². The lowest BCUT2D eigenvalue weighted by Gasteiger charge is -2.34. The molecule has 0 radical (unpaired) electrons. The number of ether oxygens (including phenoxy) is 1. The van der Waals surface area contributed by atoms with Gasteiger partial charge in [-0.2, -0.15) is 0 Å². The SMILES string of the molecule is CC(C)c1ccc(C2CN(C(=O)CN3C(=O)c4ccccc4C3=O)CCO2)cc1. The van der Waals surface area contributed by atoms with Crippen LogP contribution in [0.25, 0.3) is 0 Å². The number of hydrogen-bond donors (Lipinski definition) is 0. The van der Waals surface area contributed by atoms with E-state index >= 15 is 0 Å². The summed E-state index contributed by atoms with van der Waals surface area (Å²) in [6.45, 7) is 5.32. The second kappa shape index (κ2) is 7.79. The van der Waals surface area contributed by atoms with Crippen LogP contribution in [0, 0.1) is 0 Å². The molecule has 2 aromatic carbocycles. The van der Waals surface area contributed by atoms with E-state index < -0.39 is 11.8 Å². The first-order valence-corrected chi connectivity index (χ1v) is 9.90. The van der Waals surface area contributed by atoms with Crippen molar-refractivity contribution in [2.24, 2.45) is 0 Å². The predicted octanol–water partition coefficient (Wildman–Crippen LogP) is 3.01. The lowest BCUT2D eigenvalue weighted by Crippen LogP contribution is -2.47. The van der Waals surface area contributed by atoms with E-state index in [0.717, 1.165) is 10.5 Å². The number of rotatable bonds is 4. The molecule has 0 N–H and O–H groups in total. The minimum atomic E-state index is -0.409. The molecule has 0 aliphatic carbocycles. The van der Waals surface area contributed by atoms with Crippen LogP contribution >= 0.6 is 0 Å². The Morgan fingerprint density at radius 3 is 2.24 bits per heavy atom. The first-order valence-electron chi connectivity index (χ1n) is 9.90. The molecule has 0 spiro atoms. The minimum absolute atomic E-state index is 0.212. The Bertz CT molecular complexity index is 917. The van der Waals surface area contributed by atoms with Crippen molar-refractivity contribution in [3.8, 4) is 0 Å². The lowest BCUT2D eigenvalue weighted by molar-refractivity contribution is -0.139. The van der Waals surface area contributed by atoms with E-state index in [4.69, 9.17) is 4.74 Å². The van der Waals surface area contributed by atoms with E-state index in [0.29, 0.717) is 36.7 Å². The van der Waals surface area contributed by atoms with Crippen LogP contribution in [-0.2, 0) is 9.53 Å². The van der Waals surface area contributed by atoms with Crippen LogP contribution in [-0.4, -0.2) is 53.8 Å². The Labute approximate surface area is 170 Å². The Morgan fingerprint density at radius 1 is 1.03 bits per heavy atom. The van der Waals surface area contributed by atoms with Gasteiger partial charge in [0.05, 0.1) is 24.3 Å². The Morgan fingerprint density at radius 2 is 1.66 bits per heavy atom. The highest BCUT2D eigenvalue weighted by Crippen LogP contribution is 2.26. The zero-order chi connectivity index (χ0) is 20.5. The van der Waals surface area contributed by atoms with E-state index in [1.807, 2.05) is 12.1 Å². The molecule has 6 nitrogen and oxygen atoms in total. The maximum absolute atomic E-state index is 12.8. The molecule has 1 saturated heterocycles. The lowest BCUT2D eigenvalue weighted by atomic mass is 9.99. The summed E-state index contributed by atoms with van der Waals surface area (Å²) >= 11 is 0. The average molecular weight is 392 g/mol. The standard InChI is InChI=1S/C23H24N2O4/c1-15(2)16-7-9-17(10-8-16)20-13-24(11-12-29-20)21(26)14-25-22(27)18-5-3-4-6-19(18)23(25)28/h3-10,15,20H,11-14H2,1-2H3. The molecule has 0 saturated carbocycles. The third kappa shape index (κ3) is 3.68. The van der Waals surface area contributed by atoms with Crippen LogP contribution in [0.1, 0.15) is 57.7 Å². The van der Waals surface area contributed by atoms with Gasteiger partial charge >= 0.3 is 0 Å². The fourth-order valence-electron chi connectivity index (χ4n) is 3.79.